The number of guanidine groups is 1. The van der Waals surface area contributed by atoms with Crippen LogP contribution in [0.15, 0.2) is 59.6 Å². The Kier molecular flexibility index (Phi) is 12.9. The number of hydrogen-bond donors (Lipinski definition) is 3. The number of nitrogens with zero attached hydrogens (tertiary/aromatic N) is 1. The average molecular weight is 518 g/mol. The van der Waals surface area contributed by atoms with E-state index in [0.29, 0.717) is 19.1 Å². The molecule has 0 aromatic heterocycles. The lowest BCUT2D eigenvalue weighted by Crippen LogP contribution is -2.39. The molecular weight excluding hydrogens is 489 g/mol. The molecule has 0 fully saturated rings. The summed E-state index contributed by atoms with van der Waals surface area (Å²) in [6, 6.07) is 17.7. The highest BCUT2D eigenvalue weighted by Crippen LogP contribution is 2.14. The van der Waals surface area contributed by atoms with Gasteiger partial charge >= 0.3 is 0 Å². The summed E-state index contributed by atoms with van der Waals surface area (Å²) in [5.41, 5.74) is 2.18. The molecule has 0 spiro atoms. The quantitative estimate of drug-likeness (QED) is 0.256. The number of nitrogens with one attached hydrogen (secondary N) is 2. The second kappa shape index (κ2) is 14.6. The summed E-state index contributed by atoms with van der Waals surface area (Å²) in [6.07, 6.45) is 0.153. The molecule has 28 heavy (non-hydrogen) atoms. The fraction of sp³-hybridized carbons (Fsp3) is 0.381. The Morgan fingerprint density at radius 2 is 1.82 bits per heavy atom. The Bertz CT molecular complexity index is 701. The molecule has 2 aromatic rings. The van der Waals surface area contributed by atoms with Crippen molar-refractivity contribution < 1.29 is 9.84 Å². The van der Waals surface area contributed by atoms with Crippen LogP contribution in [0.3, 0.4) is 0 Å². The third-order valence-corrected chi connectivity index (χ3v) is 4.24. The predicted molar refractivity (Wildman–Crippen MR) is 127 cm³/mol. The van der Waals surface area contributed by atoms with Crippen LogP contribution in [0.2, 0.25) is 5.02 Å². The van der Waals surface area contributed by atoms with E-state index in [2.05, 4.69) is 15.6 Å². The maximum Gasteiger partial charge on any atom is 0.191 e. The number of aliphatic imine (C=N–C) groups is 1. The molecule has 154 valence electrons. The minimum Gasteiger partial charge on any atom is -0.389 e. The third kappa shape index (κ3) is 9.73. The molecule has 0 aliphatic rings. The van der Waals surface area contributed by atoms with Crippen LogP contribution < -0.4 is 10.6 Å². The number of ether oxygens (including phenoxy) is 1. The number of benzene rings is 2. The summed E-state index contributed by atoms with van der Waals surface area (Å²) >= 11 is 6.18. The molecule has 1 unspecified atom stereocenters. The van der Waals surface area contributed by atoms with E-state index in [1.54, 1.807) is 0 Å². The minimum atomic E-state index is -0.646. The van der Waals surface area contributed by atoms with Gasteiger partial charge in [0.25, 0.3) is 0 Å². The molecule has 0 saturated heterocycles. The van der Waals surface area contributed by atoms with Gasteiger partial charge in [-0.05, 0) is 30.5 Å². The van der Waals surface area contributed by atoms with E-state index in [9.17, 15) is 5.11 Å². The first-order valence-electron chi connectivity index (χ1n) is 9.24. The van der Waals surface area contributed by atoms with Crippen LogP contribution in [-0.2, 0) is 17.8 Å². The highest BCUT2D eigenvalue weighted by atomic mass is 127. The maximum atomic E-state index is 10.1. The molecule has 3 N–H and O–H groups in total. The summed E-state index contributed by atoms with van der Waals surface area (Å²) in [6.45, 7) is 4.46. The highest BCUT2D eigenvalue weighted by molar-refractivity contribution is 14.0. The molecule has 2 aromatic carbocycles. The predicted octanol–water partition coefficient (Wildman–Crippen LogP) is 3.63. The van der Waals surface area contributed by atoms with Gasteiger partial charge in [0.15, 0.2) is 5.96 Å². The van der Waals surface area contributed by atoms with Gasteiger partial charge in [0.1, 0.15) is 0 Å². The molecular formula is C21H29ClIN3O2. The molecule has 0 aliphatic heterocycles. The van der Waals surface area contributed by atoms with Crippen LogP contribution in [0.5, 0.6) is 0 Å². The van der Waals surface area contributed by atoms with Crippen molar-refractivity contribution in [1.82, 2.24) is 10.6 Å². The molecule has 0 amide bonds. The van der Waals surface area contributed by atoms with Gasteiger partial charge in [-0.3, -0.25) is 4.99 Å². The van der Waals surface area contributed by atoms with Crippen molar-refractivity contribution in [1.29, 1.82) is 0 Å². The summed E-state index contributed by atoms with van der Waals surface area (Å²) in [7, 11) is 0. The van der Waals surface area contributed by atoms with E-state index in [-0.39, 0.29) is 37.1 Å². The van der Waals surface area contributed by atoms with Crippen LogP contribution in [-0.4, -0.2) is 43.4 Å². The Morgan fingerprint density at radius 1 is 1.11 bits per heavy atom. The number of hydrogen-bond acceptors (Lipinski definition) is 3. The number of aliphatic hydroxyl groups is 1. The Morgan fingerprint density at radius 3 is 2.54 bits per heavy atom. The van der Waals surface area contributed by atoms with Crippen molar-refractivity contribution in [3.63, 3.8) is 0 Å². The largest absolute Gasteiger partial charge is 0.389 e. The number of halogens is 2. The van der Waals surface area contributed by atoms with Crippen LogP contribution >= 0.6 is 35.6 Å². The lowest BCUT2D eigenvalue weighted by Gasteiger charge is -2.14. The van der Waals surface area contributed by atoms with Gasteiger partial charge in [-0.15, -0.1) is 24.0 Å². The zero-order valence-corrected chi connectivity index (χ0v) is 19.2. The normalized spacial score (nSPS) is 12.2. The molecule has 0 heterocycles. The van der Waals surface area contributed by atoms with E-state index in [0.717, 1.165) is 29.1 Å². The zero-order valence-electron chi connectivity index (χ0n) is 16.1. The van der Waals surface area contributed by atoms with Gasteiger partial charge < -0.3 is 20.5 Å². The lowest BCUT2D eigenvalue weighted by atomic mass is 10.1. The van der Waals surface area contributed by atoms with E-state index >= 15 is 0 Å². The summed E-state index contributed by atoms with van der Waals surface area (Å²) in [5, 5.41) is 17.3. The molecule has 0 saturated carbocycles. The van der Waals surface area contributed by atoms with E-state index in [1.165, 1.54) is 0 Å². The van der Waals surface area contributed by atoms with Crippen LogP contribution in [0.25, 0.3) is 0 Å². The monoisotopic (exact) mass is 517 g/mol. The third-order valence-electron chi connectivity index (χ3n) is 3.87. The first-order valence-corrected chi connectivity index (χ1v) is 9.62. The van der Waals surface area contributed by atoms with Gasteiger partial charge in [-0.1, -0.05) is 60.1 Å². The Hall–Kier alpha value is -1.35. The summed E-state index contributed by atoms with van der Waals surface area (Å²) in [5.74, 6) is 0.673. The smallest absolute Gasteiger partial charge is 0.191 e. The summed E-state index contributed by atoms with van der Waals surface area (Å²) in [4.78, 5) is 4.42. The zero-order chi connectivity index (χ0) is 19.3. The first-order chi connectivity index (χ1) is 13.2. The molecule has 0 radical (unpaired) electrons. The highest BCUT2D eigenvalue weighted by Gasteiger charge is 2.06. The fourth-order valence-electron chi connectivity index (χ4n) is 2.49. The van der Waals surface area contributed by atoms with Crippen LogP contribution in [0, 0.1) is 0 Å². The maximum absolute atomic E-state index is 10.1. The van der Waals surface area contributed by atoms with E-state index in [1.807, 2.05) is 61.5 Å². The van der Waals surface area contributed by atoms with Gasteiger partial charge in [-0.2, -0.15) is 0 Å². The number of rotatable bonds is 10. The van der Waals surface area contributed by atoms with Crippen molar-refractivity contribution in [3.8, 4) is 0 Å². The number of aliphatic hydroxyl groups excluding tert-OH is 1. The standard InChI is InChI=1S/C21H28ClN3O2.HI/c1-2-23-21(24-13-12-18-10-6-7-11-20(18)22)25-14-19(26)16-27-15-17-8-4-3-5-9-17;/h3-11,19,26H,2,12-16H2,1H3,(H2,23,24,25);1H. The molecule has 5 nitrogen and oxygen atoms in total. The van der Waals surface area contributed by atoms with Gasteiger partial charge in [0, 0.05) is 18.1 Å². The SMILES string of the molecule is CCNC(=NCC(O)COCc1ccccc1)NCCc1ccccc1Cl.I. The van der Waals surface area contributed by atoms with Crippen LogP contribution in [0.1, 0.15) is 18.1 Å². The lowest BCUT2D eigenvalue weighted by molar-refractivity contribution is 0.0331. The van der Waals surface area contributed by atoms with Crippen molar-refractivity contribution in [2.45, 2.75) is 26.1 Å². The van der Waals surface area contributed by atoms with Gasteiger partial charge in [0.2, 0.25) is 0 Å². The van der Waals surface area contributed by atoms with Gasteiger partial charge in [0.05, 0.1) is 25.9 Å². The second-order valence-corrected chi connectivity index (χ2v) is 6.55. The fourth-order valence-corrected chi connectivity index (χ4v) is 2.73. The van der Waals surface area contributed by atoms with Crippen LogP contribution in [0.4, 0.5) is 0 Å². The minimum absolute atomic E-state index is 0. The van der Waals surface area contributed by atoms with Crippen molar-refractivity contribution in [3.05, 3.63) is 70.7 Å². The van der Waals surface area contributed by atoms with Gasteiger partial charge in [-0.25, -0.2) is 0 Å². The Balaban J connectivity index is 0.00000392. The van der Waals surface area contributed by atoms with E-state index < -0.39 is 6.10 Å². The molecule has 1 atom stereocenters. The molecule has 0 bridgehead atoms. The van der Waals surface area contributed by atoms with E-state index in [4.69, 9.17) is 16.3 Å². The van der Waals surface area contributed by atoms with Crippen molar-refractivity contribution in [2.24, 2.45) is 4.99 Å². The van der Waals surface area contributed by atoms with Crippen molar-refractivity contribution in [2.75, 3.05) is 26.2 Å². The molecule has 7 heteroatoms. The summed E-state index contributed by atoms with van der Waals surface area (Å²) < 4.78 is 5.55. The van der Waals surface area contributed by atoms with Crippen molar-refractivity contribution >= 4 is 41.5 Å². The first kappa shape index (κ1) is 24.7. The average Bonchev–Trinajstić information content (AvgIpc) is 2.68. The Labute approximate surface area is 189 Å². The second-order valence-electron chi connectivity index (χ2n) is 6.14. The topological polar surface area (TPSA) is 65.9 Å². The molecule has 0 aliphatic carbocycles. The molecule has 2 rings (SSSR count).